The van der Waals surface area contributed by atoms with Gasteiger partial charge in [0.15, 0.2) is 5.82 Å². The number of H-pyrrole nitrogens is 1. The van der Waals surface area contributed by atoms with Crippen LogP contribution in [0.3, 0.4) is 0 Å². The zero-order valence-electron chi connectivity index (χ0n) is 18.2. The predicted octanol–water partition coefficient (Wildman–Crippen LogP) is 3.47. The van der Waals surface area contributed by atoms with E-state index >= 15 is 0 Å². The molecule has 1 atom stereocenters. The van der Waals surface area contributed by atoms with E-state index in [-0.39, 0.29) is 18.3 Å². The second kappa shape index (κ2) is 9.44. The maximum absolute atomic E-state index is 13.8. The molecule has 0 radical (unpaired) electrons. The molecule has 0 aliphatic carbocycles. The van der Waals surface area contributed by atoms with Crippen molar-refractivity contribution in [1.82, 2.24) is 20.1 Å². The van der Waals surface area contributed by atoms with Crippen LogP contribution in [0.5, 0.6) is 0 Å². The number of carboxylic acids is 1. The molecule has 8 nitrogen and oxygen atoms in total. The summed E-state index contributed by atoms with van der Waals surface area (Å²) in [6, 6.07) is 5.61. The number of fused-ring (bicyclic) bond motifs is 1. The summed E-state index contributed by atoms with van der Waals surface area (Å²) in [4.78, 5) is 20.2. The molecule has 0 bridgehead atoms. The van der Waals surface area contributed by atoms with Gasteiger partial charge in [0.05, 0.1) is 12.1 Å². The molecular formula is C23H27FN6O2. The van der Waals surface area contributed by atoms with Crippen molar-refractivity contribution < 1.29 is 14.3 Å². The maximum Gasteiger partial charge on any atom is 0.304 e. The third-order valence-electron chi connectivity index (χ3n) is 5.92. The van der Waals surface area contributed by atoms with Crippen LogP contribution < -0.4 is 5.32 Å². The van der Waals surface area contributed by atoms with Crippen molar-refractivity contribution in [2.75, 3.05) is 32.0 Å². The van der Waals surface area contributed by atoms with Crippen molar-refractivity contribution in [2.24, 2.45) is 4.99 Å². The quantitative estimate of drug-likeness (QED) is 0.488. The van der Waals surface area contributed by atoms with Crippen molar-refractivity contribution in [2.45, 2.75) is 32.2 Å². The van der Waals surface area contributed by atoms with E-state index in [0.29, 0.717) is 29.0 Å². The summed E-state index contributed by atoms with van der Waals surface area (Å²) in [6.45, 7) is 4.18. The molecule has 0 spiro atoms. The SMILES string of the molecule is CN=Cc1c(N[C@@H]2CCCN(CCC(=O)O)C2)nnc(-c2ccc3c(F)c[nH]c3c2)c1C. The van der Waals surface area contributed by atoms with Crippen LogP contribution in [0.2, 0.25) is 0 Å². The Morgan fingerprint density at radius 1 is 1.44 bits per heavy atom. The Hall–Kier alpha value is -3.33. The number of aliphatic imine (C=N–C) groups is 1. The number of halogens is 1. The molecule has 1 aromatic carbocycles. The van der Waals surface area contributed by atoms with Crippen molar-refractivity contribution in [3.8, 4) is 11.3 Å². The fourth-order valence-electron chi connectivity index (χ4n) is 4.26. The van der Waals surface area contributed by atoms with Crippen LogP contribution in [0.4, 0.5) is 10.2 Å². The van der Waals surface area contributed by atoms with Crippen LogP contribution in [0.25, 0.3) is 22.2 Å². The Labute approximate surface area is 185 Å². The largest absolute Gasteiger partial charge is 0.481 e. The molecule has 1 aliphatic heterocycles. The third-order valence-corrected chi connectivity index (χ3v) is 5.92. The molecule has 4 rings (SSSR count). The van der Waals surface area contributed by atoms with E-state index in [4.69, 9.17) is 5.11 Å². The zero-order valence-corrected chi connectivity index (χ0v) is 18.2. The number of nitrogens with one attached hydrogen (secondary N) is 2. The molecule has 0 amide bonds. The minimum Gasteiger partial charge on any atom is -0.481 e. The van der Waals surface area contributed by atoms with Gasteiger partial charge in [0.2, 0.25) is 0 Å². The molecular weight excluding hydrogens is 411 g/mol. The normalized spacial score (nSPS) is 17.3. The van der Waals surface area contributed by atoms with Crippen LogP contribution in [0, 0.1) is 12.7 Å². The van der Waals surface area contributed by atoms with E-state index in [0.717, 1.165) is 42.6 Å². The molecule has 32 heavy (non-hydrogen) atoms. The van der Waals surface area contributed by atoms with E-state index in [2.05, 4.69) is 30.4 Å². The van der Waals surface area contributed by atoms with Crippen molar-refractivity contribution in [3.63, 3.8) is 0 Å². The molecule has 3 heterocycles. The summed E-state index contributed by atoms with van der Waals surface area (Å²) in [6.07, 6.45) is 5.23. The lowest BCUT2D eigenvalue weighted by Gasteiger charge is -2.33. The topological polar surface area (TPSA) is 106 Å². The lowest BCUT2D eigenvalue weighted by molar-refractivity contribution is -0.137. The van der Waals surface area contributed by atoms with Gasteiger partial charge < -0.3 is 20.3 Å². The number of hydrogen-bond acceptors (Lipinski definition) is 6. The average molecular weight is 439 g/mol. The lowest BCUT2D eigenvalue weighted by Crippen LogP contribution is -2.43. The fourth-order valence-corrected chi connectivity index (χ4v) is 4.26. The minimum absolute atomic E-state index is 0.142. The summed E-state index contributed by atoms with van der Waals surface area (Å²) in [5, 5.41) is 21.9. The summed E-state index contributed by atoms with van der Waals surface area (Å²) in [5.74, 6) is -0.398. The number of aliphatic carboxylic acids is 1. The lowest BCUT2D eigenvalue weighted by atomic mass is 10.0. The van der Waals surface area contributed by atoms with E-state index in [1.807, 2.05) is 19.1 Å². The highest BCUT2D eigenvalue weighted by atomic mass is 19.1. The number of piperidine rings is 1. The van der Waals surface area contributed by atoms with Crippen molar-refractivity contribution in [1.29, 1.82) is 0 Å². The monoisotopic (exact) mass is 438 g/mol. The van der Waals surface area contributed by atoms with Gasteiger partial charge in [-0.25, -0.2) is 4.39 Å². The standard InChI is InChI=1S/C23H27FN6O2/c1-14-18(11-25-2)23(27-16-4-3-8-30(13-16)9-7-21(31)32)29-28-22(14)15-5-6-17-19(24)12-26-20(17)10-15/h5-6,10-12,16,26H,3-4,7-9,13H2,1-2H3,(H,27,29)(H,31,32)/t16-/m1/s1. The highest BCUT2D eigenvalue weighted by Crippen LogP contribution is 2.29. The van der Waals surface area contributed by atoms with Gasteiger partial charge in [-0.15, -0.1) is 10.2 Å². The highest BCUT2D eigenvalue weighted by molar-refractivity contribution is 5.92. The number of carbonyl (C=O) groups is 1. The predicted molar refractivity (Wildman–Crippen MR) is 123 cm³/mol. The number of nitrogens with zero attached hydrogens (tertiary/aromatic N) is 4. The number of hydrogen-bond donors (Lipinski definition) is 3. The Balaban J connectivity index is 1.59. The number of rotatable bonds is 7. The summed E-state index contributed by atoms with van der Waals surface area (Å²) >= 11 is 0. The summed E-state index contributed by atoms with van der Waals surface area (Å²) in [5.41, 5.74) is 4.06. The zero-order chi connectivity index (χ0) is 22.7. The molecule has 0 saturated carbocycles. The first kappa shape index (κ1) is 21.9. The van der Waals surface area contributed by atoms with Gasteiger partial charge in [-0.05, 0) is 44.0 Å². The van der Waals surface area contributed by atoms with Gasteiger partial charge in [0.1, 0.15) is 5.82 Å². The van der Waals surface area contributed by atoms with E-state index in [1.54, 1.807) is 19.3 Å². The molecule has 3 aromatic rings. The number of benzene rings is 1. The highest BCUT2D eigenvalue weighted by Gasteiger charge is 2.23. The van der Waals surface area contributed by atoms with Gasteiger partial charge >= 0.3 is 5.97 Å². The molecule has 2 aromatic heterocycles. The molecule has 1 saturated heterocycles. The average Bonchev–Trinajstić information content (AvgIpc) is 3.15. The van der Waals surface area contributed by atoms with Gasteiger partial charge in [0.25, 0.3) is 0 Å². The van der Waals surface area contributed by atoms with E-state index in [9.17, 15) is 9.18 Å². The van der Waals surface area contributed by atoms with E-state index < -0.39 is 5.97 Å². The van der Waals surface area contributed by atoms with Gasteiger partial charge in [-0.1, -0.05) is 6.07 Å². The van der Waals surface area contributed by atoms with E-state index in [1.165, 1.54) is 6.20 Å². The number of aromatic amines is 1. The first-order valence-corrected chi connectivity index (χ1v) is 10.7. The molecule has 1 fully saturated rings. The fraction of sp³-hybridized carbons (Fsp3) is 0.391. The number of likely N-dealkylation sites (tertiary alicyclic amines) is 1. The Morgan fingerprint density at radius 3 is 3.06 bits per heavy atom. The summed E-state index contributed by atoms with van der Waals surface area (Å²) in [7, 11) is 1.71. The molecule has 0 unspecified atom stereocenters. The number of aromatic nitrogens is 3. The second-order valence-corrected chi connectivity index (χ2v) is 8.15. The Morgan fingerprint density at radius 2 is 2.28 bits per heavy atom. The van der Waals surface area contributed by atoms with Crippen LogP contribution in [0.1, 0.15) is 30.4 Å². The molecule has 1 aliphatic rings. The molecule has 168 valence electrons. The van der Waals surface area contributed by atoms with Gasteiger partial charge in [0, 0.05) is 60.6 Å². The van der Waals surface area contributed by atoms with Crippen molar-refractivity contribution >= 4 is 28.9 Å². The van der Waals surface area contributed by atoms with Crippen LogP contribution in [-0.2, 0) is 4.79 Å². The van der Waals surface area contributed by atoms with Gasteiger partial charge in [-0.3, -0.25) is 9.79 Å². The minimum atomic E-state index is -0.779. The maximum atomic E-state index is 13.8. The van der Waals surface area contributed by atoms with Crippen LogP contribution in [-0.4, -0.2) is 70.1 Å². The second-order valence-electron chi connectivity index (χ2n) is 8.15. The number of carboxylic acid groups (broad SMARTS) is 1. The first-order valence-electron chi connectivity index (χ1n) is 10.7. The molecule has 9 heteroatoms. The van der Waals surface area contributed by atoms with Crippen LogP contribution >= 0.6 is 0 Å². The Bertz CT molecular complexity index is 1160. The number of anilines is 1. The molecule has 3 N–H and O–H groups in total. The smallest absolute Gasteiger partial charge is 0.304 e. The first-order chi connectivity index (χ1) is 15.5. The summed E-state index contributed by atoms with van der Waals surface area (Å²) < 4.78 is 13.8. The van der Waals surface area contributed by atoms with Crippen LogP contribution in [0.15, 0.2) is 29.4 Å². The third kappa shape index (κ3) is 4.62. The Kier molecular flexibility index (Phi) is 6.45. The van der Waals surface area contributed by atoms with Crippen molar-refractivity contribution in [3.05, 3.63) is 41.3 Å². The van der Waals surface area contributed by atoms with Gasteiger partial charge in [-0.2, -0.15) is 0 Å².